The smallest absolute Gasteiger partial charge is 0.255 e. The summed E-state index contributed by atoms with van der Waals surface area (Å²) in [6.45, 7) is 3.32. The van der Waals surface area contributed by atoms with Crippen LogP contribution in [0.25, 0.3) is 0 Å². The van der Waals surface area contributed by atoms with Gasteiger partial charge in [-0.15, -0.1) is 0 Å². The van der Waals surface area contributed by atoms with Gasteiger partial charge in [0.25, 0.3) is 5.91 Å². The molecule has 0 aromatic heterocycles. The van der Waals surface area contributed by atoms with Crippen molar-refractivity contribution in [2.45, 2.75) is 45.1 Å². The van der Waals surface area contributed by atoms with E-state index in [0.29, 0.717) is 30.5 Å². The summed E-state index contributed by atoms with van der Waals surface area (Å²) in [5, 5.41) is 6.22. The zero-order chi connectivity index (χ0) is 15.1. The van der Waals surface area contributed by atoms with Crippen LogP contribution in [0.5, 0.6) is 5.75 Å². The highest BCUT2D eigenvalue weighted by Gasteiger charge is 2.19. The van der Waals surface area contributed by atoms with E-state index >= 15 is 0 Å². The average molecular weight is 290 g/mol. The first-order chi connectivity index (χ1) is 10.3. The SMILES string of the molecule is CCCCCCC(NC)c1ccc2c(c1)C(=O)NCCO2. The first kappa shape index (κ1) is 15.8. The molecule has 116 valence electrons. The van der Waals surface area contributed by atoms with Crippen LogP contribution in [-0.4, -0.2) is 26.1 Å². The van der Waals surface area contributed by atoms with Crippen molar-refractivity contribution in [1.29, 1.82) is 0 Å². The maximum Gasteiger partial charge on any atom is 0.255 e. The Morgan fingerprint density at radius 2 is 2.19 bits per heavy atom. The highest BCUT2D eigenvalue weighted by atomic mass is 16.5. The van der Waals surface area contributed by atoms with Crippen LogP contribution >= 0.6 is 0 Å². The van der Waals surface area contributed by atoms with Crippen molar-refractivity contribution in [3.05, 3.63) is 29.3 Å². The lowest BCUT2D eigenvalue weighted by molar-refractivity contribution is 0.0957. The van der Waals surface area contributed by atoms with Crippen molar-refractivity contribution in [1.82, 2.24) is 10.6 Å². The third-order valence-corrected chi connectivity index (χ3v) is 3.99. The first-order valence-electron chi connectivity index (χ1n) is 7.98. The summed E-state index contributed by atoms with van der Waals surface area (Å²) in [7, 11) is 1.98. The van der Waals surface area contributed by atoms with E-state index in [0.717, 1.165) is 12.0 Å². The molecule has 2 N–H and O–H groups in total. The number of hydrogen-bond acceptors (Lipinski definition) is 3. The molecule has 0 saturated carbocycles. The van der Waals surface area contributed by atoms with E-state index < -0.39 is 0 Å². The topological polar surface area (TPSA) is 50.4 Å². The first-order valence-corrected chi connectivity index (χ1v) is 7.98. The van der Waals surface area contributed by atoms with Crippen LogP contribution in [0.15, 0.2) is 18.2 Å². The molecular weight excluding hydrogens is 264 g/mol. The van der Waals surface area contributed by atoms with Crippen molar-refractivity contribution < 1.29 is 9.53 Å². The molecule has 1 aliphatic rings. The minimum Gasteiger partial charge on any atom is -0.491 e. The molecule has 1 unspecified atom stereocenters. The molecule has 0 bridgehead atoms. The fourth-order valence-electron chi connectivity index (χ4n) is 2.74. The number of fused-ring (bicyclic) bond motifs is 1. The van der Waals surface area contributed by atoms with Crippen LogP contribution in [0.1, 0.15) is 61.0 Å². The van der Waals surface area contributed by atoms with Crippen molar-refractivity contribution in [3.8, 4) is 5.75 Å². The Morgan fingerprint density at radius 3 is 2.95 bits per heavy atom. The van der Waals surface area contributed by atoms with E-state index in [1.807, 2.05) is 19.2 Å². The van der Waals surface area contributed by atoms with Crippen LogP contribution in [0.4, 0.5) is 0 Å². The highest BCUT2D eigenvalue weighted by molar-refractivity contribution is 5.97. The Kier molecular flexibility index (Phi) is 6.05. The predicted octanol–water partition coefficient (Wildman–Crippen LogP) is 3.04. The molecule has 0 radical (unpaired) electrons. The zero-order valence-corrected chi connectivity index (χ0v) is 13.1. The van der Waals surface area contributed by atoms with Crippen LogP contribution in [0.2, 0.25) is 0 Å². The van der Waals surface area contributed by atoms with Crippen LogP contribution in [-0.2, 0) is 0 Å². The van der Waals surface area contributed by atoms with Gasteiger partial charge < -0.3 is 15.4 Å². The Labute approximate surface area is 127 Å². The van der Waals surface area contributed by atoms with Crippen molar-refractivity contribution in [2.24, 2.45) is 0 Å². The number of unbranched alkanes of at least 4 members (excludes halogenated alkanes) is 3. The second kappa shape index (κ2) is 8.03. The summed E-state index contributed by atoms with van der Waals surface area (Å²) in [6.07, 6.45) is 6.11. The van der Waals surface area contributed by atoms with Gasteiger partial charge in [0.15, 0.2) is 0 Å². The normalized spacial score (nSPS) is 15.6. The second-order valence-electron chi connectivity index (χ2n) is 5.55. The summed E-state index contributed by atoms with van der Waals surface area (Å²) < 4.78 is 5.60. The van der Waals surface area contributed by atoms with Gasteiger partial charge in [0, 0.05) is 6.04 Å². The van der Waals surface area contributed by atoms with Gasteiger partial charge in [-0.25, -0.2) is 0 Å². The summed E-state index contributed by atoms with van der Waals surface area (Å²) in [5.74, 6) is 0.653. The van der Waals surface area contributed by atoms with Crippen molar-refractivity contribution >= 4 is 5.91 Å². The number of rotatable bonds is 7. The van der Waals surface area contributed by atoms with Crippen LogP contribution in [0, 0.1) is 0 Å². The monoisotopic (exact) mass is 290 g/mol. The summed E-state index contributed by atoms with van der Waals surface area (Å²) in [5.41, 5.74) is 1.81. The van der Waals surface area contributed by atoms with Gasteiger partial charge in [-0.3, -0.25) is 4.79 Å². The molecular formula is C17H26N2O2. The van der Waals surface area contributed by atoms with E-state index in [2.05, 4.69) is 23.6 Å². The number of carbonyl (C=O) groups excluding carboxylic acids is 1. The molecule has 1 aliphatic heterocycles. The average Bonchev–Trinajstić information content (AvgIpc) is 2.69. The molecule has 1 aromatic carbocycles. The van der Waals surface area contributed by atoms with Gasteiger partial charge in [-0.05, 0) is 31.2 Å². The molecule has 0 aliphatic carbocycles. The molecule has 1 heterocycles. The number of nitrogens with one attached hydrogen (secondary N) is 2. The number of benzene rings is 1. The van der Waals surface area contributed by atoms with Gasteiger partial charge in [-0.1, -0.05) is 38.7 Å². The Morgan fingerprint density at radius 1 is 1.33 bits per heavy atom. The maximum atomic E-state index is 12.1. The van der Waals surface area contributed by atoms with Crippen molar-refractivity contribution in [2.75, 3.05) is 20.2 Å². The fourth-order valence-corrected chi connectivity index (χ4v) is 2.74. The quantitative estimate of drug-likeness (QED) is 0.759. The van der Waals surface area contributed by atoms with E-state index in [9.17, 15) is 4.79 Å². The van der Waals surface area contributed by atoms with E-state index in [1.54, 1.807) is 0 Å². The third-order valence-electron chi connectivity index (χ3n) is 3.99. The Hall–Kier alpha value is -1.55. The minimum atomic E-state index is -0.0369. The lowest BCUT2D eigenvalue weighted by atomic mass is 9.98. The molecule has 0 saturated heterocycles. The lowest BCUT2D eigenvalue weighted by Crippen LogP contribution is -2.24. The number of ether oxygens (including phenoxy) is 1. The lowest BCUT2D eigenvalue weighted by Gasteiger charge is -2.18. The molecule has 21 heavy (non-hydrogen) atoms. The van der Waals surface area contributed by atoms with E-state index in [4.69, 9.17) is 4.74 Å². The highest BCUT2D eigenvalue weighted by Crippen LogP contribution is 2.27. The van der Waals surface area contributed by atoms with E-state index in [-0.39, 0.29) is 5.91 Å². The second-order valence-corrected chi connectivity index (χ2v) is 5.55. The molecule has 0 spiro atoms. The Bertz CT molecular complexity index is 474. The van der Waals surface area contributed by atoms with Gasteiger partial charge in [0.05, 0.1) is 12.1 Å². The summed E-state index contributed by atoms with van der Waals surface area (Å²) in [4.78, 5) is 12.1. The van der Waals surface area contributed by atoms with Crippen LogP contribution < -0.4 is 15.4 Å². The molecule has 1 aromatic rings. The summed E-state index contributed by atoms with van der Waals surface area (Å²) >= 11 is 0. The van der Waals surface area contributed by atoms with Gasteiger partial charge in [0.1, 0.15) is 12.4 Å². The predicted molar refractivity (Wildman–Crippen MR) is 84.8 cm³/mol. The maximum absolute atomic E-state index is 12.1. The number of hydrogen-bond donors (Lipinski definition) is 2. The van der Waals surface area contributed by atoms with E-state index in [1.165, 1.54) is 25.7 Å². The molecule has 2 rings (SSSR count). The molecule has 0 fully saturated rings. The zero-order valence-electron chi connectivity index (χ0n) is 13.1. The number of amides is 1. The standard InChI is InChI=1S/C17H26N2O2/c1-3-4-5-6-7-15(18-2)13-8-9-16-14(12-13)17(20)19-10-11-21-16/h8-9,12,15,18H,3-7,10-11H2,1-2H3,(H,19,20). The molecule has 4 nitrogen and oxygen atoms in total. The van der Waals surface area contributed by atoms with Gasteiger partial charge in [0.2, 0.25) is 0 Å². The fraction of sp³-hybridized carbons (Fsp3) is 0.588. The van der Waals surface area contributed by atoms with Gasteiger partial charge >= 0.3 is 0 Å². The molecule has 1 amide bonds. The Balaban J connectivity index is 2.09. The van der Waals surface area contributed by atoms with Gasteiger partial charge in [-0.2, -0.15) is 0 Å². The largest absolute Gasteiger partial charge is 0.491 e. The van der Waals surface area contributed by atoms with Crippen LogP contribution in [0.3, 0.4) is 0 Å². The minimum absolute atomic E-state index is 0.0369. The summed E-state index contributed by atoms with van der Waals surface area (Å²) in [6, 6.07) is 6.25. The molecule has 4 heteroatoms. The van der Waals surface area contributed by atoms with Crippen molar-refractivity contribution in [3.63, 3.8) is 0 Å². The molecule has 1 atom stereocenters. The third kappa shape index (κ3) is 4.21. The number of carbonyl (C=O) groups is 1.